The van der Waals surface area contributed by atoms with Gasteiger partial charge in [-0.05, 0) is 30.6 Å². The normalized spacial score (nSPS) is 23.2. The summed E-state index contributed by atoms with van der Waals surface area (Å²) >= 11 is 0. The topological polar surface area (TPSA) is 46.3 Å². The molecule has 1 rings (SSSR count). The summed E-state index contributed by atoms with van der Waals surface area (Å²) in [5, 5.41) is 0. The molecule has 1 amide bonds. The Morgan fingerprint density at radius 3 is 2.50 bits per heavy atom. The third-order valence-corrected chi connectivity index (χ3v) is 3.41. The van der Waals surface area contributed by atoms with Gasteiger partial charge in [0, 0.05) is 13.1 Å². The molecule has 1 saturated heterocycles. The molecule has 0 radical (unpaired) electrons. The molecule has 0 saturated carbocycles. The number of carbonyl (C=O) groups excluding carboxylic acids is 1. The van der Waals surface area contributed by atoms with E-state index in [0.717, 1.165) is 25.4 Å². The second kappa shape index (κ2) is 5.67. The summed E-state index contributed by atoms with van der Waals surface area (Å²) in [6.07, 6.45) is 2.37. The molecule has 1 aliphatic heterocycles. The molecule has 2 N–H and O–H groups in total. The van der Waals surface area contributed by atoms with Crippen LogP contribution in [0.15, 0.2) is 0 Å². The molecule has 1 heterocycles. The predicted molar refractivity (Wildman–Crippen MR) is 67.0 cm³/mol. The fraction of sp³-hybridized carbons (Fsp3) is 0.923. The standard InChI is InChI=1S/C13H26N2O/c1-9(2)7-11-5-6-15(8-11)13(16)12(14)10(3)4/h9-12H,5-8,14H2,1-4H3. The summed E-state index contributed by atoms with van der Waals surface area (Å²) in [7, 11) is 0. The molecule has 3 nitrogen and oxygen atoms in total. The van der Waals surface area contributed by atoms with E-state index in [1.807, 2.05) is 18.7 Å². The molecule has 0 bridgehead atoms. The van der Waals surface area contributed by atoms with Gasteiger partial charge in [-0.3, -0.25) is 4.79 Å². The van der Waals surface area contributed by atoms with Crippen molar-refractivity contribution in [3.05, 3.63) is 0 Å². The summed E-state index contributed by atoms with van der Waals surface area (Å²) in [6.45, 7) is 10.3. The van der Waals surface area contributed by atoms with Crippen LogP contribution in [0.25, 0.3) is 0 Å². The Morgan fingerprint density at radius 1 is 1.38 bits per heavy atom. The van der Waals surface area contributed by atoms with Crippen molar-refractivity contribution in [2.24, 2.45) is 23.5 Å². The van der Waals surface area contributed by atoms with Crippen LogP contribution < -0.4 is 5.73 Å². The minimum absolute atomic E-state index is 0.140. The van der Waals surface area contributed by atoms with Crippen molar-refractivity contribution in [2.75, 3.05) is 13.1 Å². The molecule has 0 aliphatic carbocycles. The quantitative estimate of drug-likeness (QED) is 0.795. The highest BCUT2D eigenvalue weighted by Crippen LogP contribution is 2.24. The molecule has 3 heteroatoms. The first-order valence-electron chi connectivity index (χ1n) is 6.46. The lowest BCUT2D eigenvalue weighted by Gasteiger charge is -2.23. The average molecular weight is 226 g/mol. The lowest BCUT2D eigenvalue weighted by molar-refractivity contribution is -0.132. The van der Waals surface area contributed by atoms with Crippen LogP contribution in [-0.4, -0.2) is 29.9 Å². The van der Waals surface area contributed by atoms with Gasteiger partial charge < -0.3 is 10.6 Å². The lowest BCUT2D eigenvalue weighted by Crippen LogP contribution is -2.45. The molecule has 2 unspecified atom stereocenters. The summed E-state index contributed by atoms with van der Waals surface area (Å²) in [5.74, 6) is 1.78. The highest BCUT2D eigenvalue weighted by atomic mass is 16.2. The van der Waals surface area contributed by atoms with Gasteiger partial charge in [0.2, 0.25) is 5.91 Å². The van der Waals surface area contributed by atoms with E-state index in [9.17, 15) is 4.79 Å². The first kappa shape index (κ1) is 13.5. The minimum atomic E-state index is -0.321. The smallest absolute Gasteiger partial charge is 0.239 e. The van der Waals surface area contributed by atoms with E-state index in [1.165, 1.54) is 6.42 Å². The van der Waals surface area contributed by atoms with Crippen LogP contribution in [0, 0.1) is 17.8 Å². The zero-order chi connectivity index (χ0) is 12.3. The largest absolute Gasteiger partial charge is 0.341 e. The predicted octanol–water partition coefficient (Wildman–Crippen LogP) is 1.86. The Balaban J connectivity index is 2.43. The molecule has 1 fully saturated rings. The van der Waals surface area contributed by atoms with Crippen LogP contribution in [0.5, 0.6) is 0 Å². The van der Waals surface area contributed by atoms with Crippen molar-refractivity contribution in [1.29, 1.82) is 0 Å². The number of rotatable bonds is 4. The van der Waals surface area contributed by atoms with E-state index in [1.54, 1.807) is 0 Å². The van der Waals surface area contributed by atoms with Gasteiger partial charge in [0.1, 0.15) is 0 Å². The average Bonchev–Trinajstić information content (AvgIpc) is 2.62. The van der Waals surface area contributed by atoms with Crippen LogP contribution in [0.4, 0.5) is 0 Å². The van der Waals surface area contributed by atoms with Gasteiger partial charge >= 0.3 is 0 Å². The van der Waals surface area contributed by atoms with Crippen molar-refractivity contribution < 1.29 is 4.79 Å². The summed E-state index contributed by atoms with van der Waals surface area (Å²) in [5.41, 5.74) is 5.90. The van der Waals surface area contributed by atoms with E-state index < -0.39 is 0 Å². The lowest BCUT2D eigenvalue weighted by atomic mass is 9.97. The number of likely N-dealkylation sites (tertiary alicyclic amines) is 1. The number of amides is 1. The third kappa shape index (κ3) is 3.48. The number of hydrogen-bond acceptors (Lipinski definition) is 2. The van der Waals surface area contributed by atoms with Gasteiger partial charge in [-0.15, -0.1) is 0 Å². The summed E-state index contributed by atoms with van der Waals surface area (Å²) < 4.78 is 0. The van der Waals surface area contributed by atoms with Crippen LogP contribution in [0.1, 0.15) is 40.5 Å². The maximum atomic E-state index is 12.0. The Labute approximate surface area is 99.4 Å². The van der Waals surface area contributed by atoms with Crippen molar-refractivity contribution in [2.45, 2.75) is 46.6 Å². The zero-order valence-corrected chi connectivity index (χ0v) is 11.1. The van der Waals surface area contributed by atoms with E-state index in [-0.39, 0.29) is 17.9 Å². The molecule has 0 aromatic heterocycles. The van der Waals surface area contributed by atoms with Gasteiger partial charge in [0.25, 0.3) is 0 Å². The second-order valence-electron chi connectivity index (χ2n) is 5.84. The molecule has 0 aromatic rings. The zero-order valence-electron chi connectivity index (χ0n) is 11.1. The van der Waals surface area contributed by atoms with E-state index >= 15 is 0 Å². The highest BCUT2D eigenvalue weighted by molar-refractivity contribution is 5.82. The third-order valence-electron chi connectivity index (χ3n) is 3.41. The van der Waals surface area contributed by atoms with Gasteiger partial charge in [0.05, 0.1) is 6.04 Å². The molecule has 2 atom stereocenters. The fourth-order valence-electron chi connectivity index (χ4n) is 2.39. The number of hydrogen-bond donors (Lipinski definition) is 1. The Bertz CT molecular complexity index is 238. The molecule has 0 spiro atoms. The molecule has 16 heavy (non-hydrogen) atoms. The minimum Gasteiger partial charge on any atom is -0.341 e. The van der Waals surface area contributed by atoms with Crippen molar-refractivity contribution in [1.82, 2.24) is 4.90 Å². The van der Waals surface area contributed by atoms with Crippen LogP contribution in [0.2, 0.25) is 0 Å². The van der Waals surface area contributed by atoms with Crippen molar-refractivity contribution in [3.63, 3.8) is 0 Å². The Hall–Kier alpha value is -0.570. The number of nitrogens with two attached hydrogens (primary N) is 1. The molecular formula is C13H26N2O. The highest BCUT2D eigenvalue weighted by Gasteiger charge is 2.30. The fourth-order valence-corrected chi connectivity index (χ4v) is 2.39. The summed E-state index contributed by atoms with van der Waals surface area (Å²) in [6, 6.07) is -0.321. The number of nitrogens with zero attached hydrogens (tertiary/aromatic N) is 1. The van der Waals surface area contributed by atoms with Gasteiger partial charge in [-0.25, -0.2) is 0 Å². The Morgan fingerprint density at radius 2 is 2.00 bits per heavy atom. The van der Waals surface area contributed by atoms with E-state index in [2.05, 4.69) is 13.8 Å². The molecular weight excluding hydrogens is 200 g/mol. The molecule has 1 aliphatic rings. The van der Waals surface area contributed by atoms with Gasteiger partial charge in [0.15, 0.2) is 0 Å². The van der Waals surface area contributed by atoms with Gasteiger partial charge in [-0.1, -0.05) is 27.7 Å². The first-order chi connectivity index (χ1) is 7.41. The van der Waals surface area contributed by atoms with Crippen molar-refractivity contribution in [3.8, 4) is 0 Å². The monoisotopic (exact) mass is 226 g/mol. The van der Waals surface area contributed by atoms with Crippen LogP contribution in [-0.2, 0) is 4.79 Å². The van der Waals surface area contributed by atoms with Crippen molar-refractivity contribution >= 4 is 5.91 Å². The van der Waals surface area contributed by atoms with Crippen LogP contribution >= 0.6 is 0 Å². The second-order valence-corrected chi connectivity index (χ2v) is 5.84. The maximum Gasteiger partial charge on any atom is 0.239 e. The first-order valence-corrected chi connectivity index (χ1v) is 6.46. The Kier molecular flexibility index (Phi) is 4.78. The van der Waals surface area contributed by atoms with Crippen LogP contribution in [0.3, 0.4) is 0 Å². The van der Waals surface area contributed by atoms with E-state index in [0.29, 0.717) is 5.92 Å². The SMILES string of the molecule is CC(C)CC1CCN(C(=O)C(N)C(C)C)C1. The van der Waals surface area contributed by atoms with E-state index in [4.69, 9.17) is 5.73 Å². The number of carbonyl (C=O) groups is 1. The summed E-state index contributed by atoms with van der Waals surface area (Å²) in [4.78, 5) is 14.0. The molecule has 0 aromatic carbocycles. The maximum absolute atomic E-state index is 12.0. The van der Waals surface area contributed by atoms with Gasteiger partial charge in [-0.2, -0.15) is 0 Å². The molecule has 94 valence electrons.